The predicted octanol–water partition coefficient (Wildman–Crippen LogP) is 1.56. The second kappa shape index (κ2) is 4.07. The number of nitrogens with zero attached hydrogens (tertiary/aromatic N) is 1. The summed E-state index contributed by atoms with van der Waals surface area (Å²) in [6.45, 7) is 1.76. The fourth-order valence-electron chi connectivity index (χ4n) is 2.14. The molecule has 0 aromatic carbocycles. The third-order valence-electron chi connectivity index (χ3n) is 3.07. The molecule has 17 heavy (non-hydrogen) atoms. The maximum absolute atomic E-state index is 14.7. The van der Waals surface area contributed by atoms with Gasteiger partial charge < -0.3 is 9.84 Å². The second-order valence-electron chi connectivity index (χ2n) is 4.29. The topological polar surface area (TPSA) is 59.4 Å². The molecule has 4 nitrogen and oxygen atoms in total. The molecule has 2 rings (SSSR count). The van der Waals surface area contributed by atoms with Crippen molar-refractivity contribution in [1.82, 2.24) is 4.98 Å². The van der Waals surface area contributed by atoms with E-state index in [1.54, 1.807) is 19.2 Å². The molecule has 0 fully saturated rings. The van der Waals surface area contributed by atoms with Crippen LogP contribution in [0.3, 0.4) is 0 Å². The number of aliphatic hydroxyl groups excluding tert-OH is 1. The van der Waals surface area contributed by atoms with E-state index in [1.165, 1.54) is 0 Å². The Morgan fingerprint density at radius 1 is 1.71 bits per heavy atom. The van der Waals surface area contributed by atoms with Crippen molar-refractivity contribution in [3.05, 3.63) is 29.1 Å². The van der Waals surface area contributed by atoms with Gasteiger partial charge in [0.2, 0.25) is 5.67 Å². The van der Waals surface area contributed by atoms with Crippen LogP contribution < -0.4 is 0 Å². The van der Waals surface area contributed by atoms with E-state index in [4.69, 9.17) is 0 Å². The zero-order valence-electron chi connectivity index (χ0n) is 9.74. The molecule has 2 atom stereocenters. The van der Waals surface area contributed by atoms with E-state index in [0.29, 0.717) is 0 Å². The molecule has 0 amide bonds. The number of hydrogen-bond donors (Lipinski definition) is 1. The Hall–Kier alpha value is -1.49. The molecule has 0 radical (unpaired) electrons. The van der Waals surface area contributed by atoms with Crippen LogP contribution in [0, 0.1) is 6.92 Å². The summed E-state index contributed by atoms with van der Waals surface area (Å²) in [6.07, 6.45) is 0.803. The zero-order valence-corrected chi connectivity index (χ0v) is 9.74. The van der Waals surface area contributed by atoms with Gasteiger partial charge in [-0.2, -0.15) is 0 Å². The highest BCUT2D eigenvalue weighted by Gasteiger charge is 2.48. The summed E-state index contributed by atoms with van der Waals surface area (Å²) >= 11 is 0. The molecule has 0 saturated carbocycles. The lowest BCUT2D eigenvalue weighted by molar-refractivity contribution is -0.157. The van der Waals surface area contributed by atoms with Crippen molar-refractivity contribution >= 4 is 5.97 Å². The van der Waals surface area contributed by atoms with Gasteiger partial charge in [0.1, 0.15) is 0 Å². The molecule has 1 N–H and O–H groups in total. The van der Waals surface area contributed by atoms with Crippen molar-refractivity contribution in [1.29, 1.82) is 0 Å². The number of fused-ring (bicyclic) bond motifs is 1. The number of methoxy groups -OCH3 is 1. The molecule has 1 aliphatic rings. The van der Waals surface area contributed by atoms with Crippen molar-refractivity contribution in [2.75, 3.05) is 7.11 Å². The minimum Gasteiger partial charge on any atom is -0.466 e. The highest BCUT2D eigenvalue weighted by atomic mass is 19.1. The van der Waals surface area contributed by atoms with Gasteiger partial charge in [-0.1, -0.05) is 0 Å². The molecule has 1 aromatic heterocycles. The number of pyridine rings is 1. The predicted molar refractivity (Wildman–Crippen MR) is 58.0 cm³/mol. The Morgan fingerprint density at radius 2 is 2.41 bits per heavy atom. The third kappa shape index (κ3) is 1.80. The number of ether oxygens (including phenoxy) is 1. The second-order valence-corrected chi connectivity index (χ2v) is 4.29. The van der Waals surface area contributed by atoms with E-state index in [2.05, 4.69) is 9.72 Å². The molecule has 0 bridgehead atoms. The highest BCUT2D eigenvalue weighted by Crippen LogP contribution is 2.43. The summed E-state index contributed by atoms with van der Waals surface area (Å²) in [6, 6.07) is 1.54. The van der Waals surface area contributed by atoms with Gasteiger partial charge in [0.25, 0.3) is 0 Å². The summed E-state index contributed by atoms with van der Waals surface area (Å²) in [5.41, 5.74) is -1.09. The lowest BCUT2D eigenvalue weighted by atomic mass is 9.81. The first-order valence-corrected chi connectivity index (χ1v) is 5.41. The van der Waals surface area contributed by atoms with Crippen LogP contribution >= 0.6 is 0 Å². The first-order chi connectivity index (χ1) is 7.99. The van der Waals surface area contributed by atoms with Crippen LogP contribution in [0.2, 0.25) is 0 Å². The summed E-state index contributed by atoms with van der Waals surface area (Å²) in [5.74, 6) is -0.932. The summed E-state index contributed by atoms with van der Waals surface area (Å²) < 4.78 is 19.2. The minimum atomic E-state index is -2.19. The monoisotopic (exact) mass is 239 g/mol. The van der Waals surface area contributed by atoms with Gasteiger partial charge in [0.05, 0.1) is 18.9 Å². The number of hydrogen-bond acceptors (Lipinski definition) is 4. The van der Waals surface area contributed by atoms with Crippen molar-refractivity contribution in [3.8, 4) is 0 Å². The van der Waals surface area contributed by atoms with Crippen LogP contribution in [0.25, 0.3) is 0 Å². The number of rotatable bonds is 1. The number of halogens is 1. The summed E-state index contributed by atoms with van der Waals surface area (Å²) in [5, 5.41) is 9.76. The van der Waals surface area contributed by atoms with Gasteiger partial charge in [-0.15, -0.1) is 0 Å². The first-order valence-electron chi connectivity index (χ1n) is 5.41. The number of carbonyl (C=O) groups excluding carboxylic acids is 1. The van der Waals surface area contributed by atoms with E-state index >= 15 is 0 Å². The smallest absolute Gasteiger partial charge is 0.348 e. The molecule has 0 spiro atoms. The maximum atomic E-state index is 14.7. The Bertz CT molecular complexity index is 463. The van der Waals surface area contributed by atoms with Gasteiger partial charge >= 0.3 is 5.97 Å². The van der Waals surface area contributed by atoms with E-state index < -0.39 is 17.7 Å². The molecule has 0 saturated heterocycles. The lowest BCUT2D eigenvalue weighted by Gasteiger charge is -2.31. The highest BCUT2D eigenvalue weighted by molar-refractivity contribution is 5.82. The Labute approximate surface area is 98.4 Å². The molecule has 1 heterocycles. The maximum Gasteiger partial charge on any atom is 0.348 e. The molecular formula is C12H14FNO3. The van der Waals surface area contributed by atoms with Crippen LogP contribution in [0.15, 0.2) is 12.3 Å². The third-order valence-corrected chi connectivity index (χ3v) is 3.07. The largest absolute Gasteiger partial charge is 0.466 e. The Balaban J connectivity index is 2.58. The van der Waals surface area contributed by atoms with Crippen LogP contribution in [0.5, 0.6) is 0 Å². The van der Waals surface area contributed by atoms with Gasteiger partial charge in [-0.25, -0.2) is 9.18 Å². The molecule has 5 heteroatoms. The Kier molecular flexibility index (Phi) is 2.87. The zero-order chi connectivity index (χ0) is 12.6. The molecule has 1 aliphatic carbocycles. The number of esters is 1. The summed E-state index contributed by atoms with van der Waals surface area (Å²) in [7, 11) is 1.15. The average molecular weight is 239 g/mol. The first kappa shape index (κ1) is 12.0. The number of aryl methyl sites for hydroxylation is 1. The van der Waals surface area contributed by atoms with Crippen molar-refractivity contribution in [3.63, 3.8) is 0 Å². The molecule has 0 unspecified atom stereocenters. The number of aromatic nitrogens is 1. The number of carbonyl (C=O) groups is 1. The average Bonchev–Trinajstić information content (AvgIpc) is 2.33. The van der Waals surface area contributed by atoms with Crippen molar-refractivity contribution in [2.45, 2.75) is 31.5 Å². The normalized spacial score (nSPS) is 27.4. The van der Waals surface area contributed by atoms with Gasteiger partial charge in [-0.3, -0.25) is 4.98 Å². The van der Waals surface area contributed by atoms with E-state index in [9.17, 15) is 14.3 Å². The molecule has 0 aliphatic heterocycles. The lowest BCUT2D eigenvalue weighted by Crippen LogP contribution is -2.37. The fourth-order valence-corrected chi connectivity index (χ4v) is 2.14. The minimum absolute atomic E-state index is 0.0844. The number of aliphatic hydroxyl groups is 1. The van der Waals surface area contributed by atoms with Crippen molar-refractivity contribution in [2.24, 2.45) is 0 Å². The van der Waals surface area contributed by atoms with Crippen molar-refractivity contribution < 1.29 is 19.0 Å². The van der Waals surface area contributed by atoms with Gasteiger partial charge in [-0.05, 0) is 31.4 Å². The molecule has 1 aromatic rings. The molecule has 92 valence electrons. The van der Waals surface area contributed by atoms with E-state index in [-0.39, 0.29) is 24.1 Å². The number of alkyl halides is 1. The quantitative estimate of drug-likeness (QED) is 0.755. The fraction of sp³-hybridized carbons (Fsp3) is 0.500. The van der Waals surface area contributed by atoms with Gasteiger partial charge in [0.15, 0.2) is 0 Å². The van der Waals surface area contributed by atoms with Crippen LogP contribution in [0.1, 0.15) is 35.8 Å². The van der Waals surface area contributed by atoms with E-state index in [1.807, 2.05) is 0 Å². The SMILES string of the molecule is COC(=O)[C@@]1(F)CC[C@H](O)c2ncc(C)cc21. The van der Waals surface area contributed by atoms with Gasteiger partial charge in [0, 0.05) is 11.8 Å². The van der Waals surface area contributed by atoms with Crippen LogP contribution in [0.4, 0.5) is 4.39 Å². The molecular weight excluding hydrogens is 225 g/mol. The Morgan fingerprint density at radius 3 is 3.06 bits per heavy atom. The van der Waals surface area contributed by atoms with Crippen LogP contribution in [-0.2, 0) is 15.2 Å². The standard InChI is InChI=1S/C12H14FNO3/c1-7-5-8-10(14-6-7)9(15)3-4-12(8,13)11(16)17-2/h5-6,9,15H,3-4H2,1-2H3/t9-,12+/m0/s1. The van der Waals surface area contributed by atoms with E-state index in [0.717, 1.165) is 12.7 Å². The van der Waals surface area contributed by atoms with Crippen LogP contribution in [-0.4, -0.2) is 23.2 Å². The summed E-state index contributed by atoms with van der Waals surface area (Å²) in [4.78, 5) is 15.6.